The van der Waals surface area contributed by atoms with Gasteiger partial charge in [0.2, 0.25) is 0 Å². The highest BCUT2D eigenvalue weighted by atomic mass is 16.6. The second-order valence-corrected chi connectivity index (χ2v) is 15.0. The van der Waals surface area contributed by atoms with Crippen LogP contribution >= 0.6 is 0 Å². The van der Waals surface area contributed by atoms with Crippen LogP contribution in [0.5, 0.6) is 0 Å². The fraction of sp³-hybridized carbons (Fsp3) is 0.932. The Labute approximate surface area is 310 Å². The van der Waals surface area contributed by atoms with E-state index in [1.807, 2.05) is 0 Å². The summed E-state index contributed by atoms with van der Waals surface area (Å²) < 4.78 is 16.6. The van der Waals surface area contributed by atoms with E-state index in [4.69, 9.17) is 14.2 Å². The van der Waals surface area contributed by atoms with Gasteiger partial charge in [0, 0.05) is 19.3 Å². The topological polar surface area (TPSA) is 78.9 Å². The lowest BCUT2D eigenvalue weighted by Gasteiger charge is -2.18. The Morgan fingerprint density at radius 2 is 0.540 bits per heavy atom. The van der Waals surface area contributed by atoms with Crippen LogP contribution in [0.1, 0.15) is 245 Å². The second-order valence-electron chi connectivity index (χ2n) is 15.0. The zero-order chi connectivity index (χ0) is 36.6. The van der Waals surface area contributed by atoms with Crippen LogP contribution in [0.2, 0.25) is 0 Å². The molecule has 0 spiro atoms. The molecule has 1 atom stereocenters. The molecule has 6 heteroatoms. The lowest BCUT2D eigenvalue weighted by atomic mass is 10.0. The summed E-state index contributed by atoms with van der Waals surface area (Å²) in [6.07, 6.45) is 39.6. The van der Waals surface area contributed by atoms with Crippen molar-refractivity contribution in [3.63, 3.8) is 0 Å². The van der Waals surface area contributed by atoms with E-state index in [0.717, 1.165) is 57.8 Å². The molecule has 0 heterocycles. The van der Waals surface area contributed by atoms with Gasteiger partial charge >= 0.3 is 17.9 Å². The number of hydrogen-bond acceptors (Lipinski definition) is 6. The van der Waals surface area contributed by atoms with E-state index in [2.05, 4.69) is 20.8 Å². The molecule has 0 bridgehead atoms. The average Bonchev–Trinajstić information content (AvgIpc) is 3.11. The van der Waals surface area contributed by atoms with Crippen LogP contribution < -0.4 is 0 Å². The van der Waals surface area contributed by atoms with Crippen molar-refractivity contribution in [2.24, 2.45) is 0 Å². The molecule has 296 valence electrons. The zero-order valence-electron chi connectivity index (χ0n) is 33.7. The summed E-state index contributed by atoms with van der Waals surface area (Å²) in [7, 11) is 0. The summed E-state index contributed by atoms with van der Waals surface area (Å²) in [5.41, 5.74) is 0. The van der Waals surface area contributed by atoms with Gasteiger partial charge in [0.1, 0.15) is 13.2 Å². The number of carbonyl (C=O) groups is 3. The lowest BCUT2D eigenvalue weighted by Crippen LogP contribution is -2.30. The molecule has 0 radical (unpaired) electrons. The molecule has 0 rings (SSSR count). The Bertz CT molecular complexity index is 738. The maximum atomic E-state index is 12.6. The predicted molar refractivity (Wildman–Crippen MR) is 210 cm³/mol. The molecule has 50 heavy (non-hydrogen) atoms. The predicted octanol–water partition coefficient (Wildman–Crippen LogP) is 13.7. The molecule has 0 saturated carbocycles. The molecular weight excluding hydrogens is 624 g/mol. The SMILES string of the molecule is CCCCCCCCCCCCCCCCCC(=O)OCC(COC(=O)CCCCCCCC)OC(=O)CCCCCCCCCCCCC. The van der Waals surface area contributed by atoms with Crippen molar-refractivity contribution in [1.82, 2.24) is 0 Å². The molecule has 0 saturated heterocycles. The Morgan fingerprint density at radius 3 is 0.800 bits per heavy atom. The first kappa shape index (κ1) is 48.4. The monoisotopic (exact) mass is 709 g/mol. The van der Waals surface area contributed by atoms with Crippen LogP contribution in [0.25, 0.3) is 0 Å². The first-order chi connectivity index (χ1) is 24.5. The molecule has 0 amide bonds. The van der Waals surface area contributed by atoms with Gasteiger partial charge in [-0.1, -0.05) is 207 Å². The van der Waals surface area contributed by atoms with Crippen LogP contribution in [0.4, 0.5) is 0 Å². The summed E-state index contributed by atoms with van der Waals surface area (Å²) in [6, 6.07) is 0. The second kappa shape index (κ2) is 40.2. The van der Waals surface area contributed by atoms with Gasteiger partial charge in [-0.15, -0.1) is 0 Å². The van der Waals surface area contributed by atoms with Gasteiger partial charge in [0.05, 0.1) is 0 Å². The van der Waals surface area contributed by atoms with Crippen molar-refractivity contribution in [1.29, 1.82) is 0 Å². The molecule has 0 aromatic rings. The maximum absolute atomic E-state index is 12.6. The van der Waals surface area contributed by atoms with Gasteiger partial charge in [0.25, 0.3) is 0 Å². The van der Waals surface area contributed by atoms with E-state index in [-0.39, 0.29) is 31.1 Å². The van der Waals surface area contributed by atoms with Crippen molar-refractivity contribution in [3.05, 3.63) is 0 Å². The van der Waals surface area contributed by atoms with Crippen molar-refractivity contribution in [2.45, 2.75) is 252 Å². The number of rotatable bonds is 40. The van der Waals surface area contributed by atoms with E-state index >= 15 is 0 Å². The van der Waals surface area contributed by atoms with Crippen LogP contribution in [-0.2, 0) is 28.6 Å². The first-order valence-corrected chi connectivity index (χ1v) is 22.0. The molecule has 0 aromatic carbocycles. The molecule has 6 nitrogen and oxygen atoms in total. The van der Waals surface area contributed by atoms with Crippen molar-refractivity contribution in [2.75, 3.05) is 13.2 Å². The Balaban J connectivity index is 4.21. The minimum Gasteiger partial charge on any atom is -0.462 e. The maximum Gasteiger partial charge on any atom is 0.306 e. The molecule has 0 aliphatic carbocycles. The molecule has 0 fully saturated rings. The van der Waals surface area contributed by atoms with Crippen LogP contribution in [0, 0.1) is 0 Å². The van der Waals surface area contributed by atoms with Crippen molar-refractivity contribution < 1.29 is 28.6 Å². The van der Waals surface area contributed by atoms with Crippen molar-refractivity contribution >= 4 is 17.9 Å². The summed E-state index contributed by atoms with van der Waals surface area (Å²) in [6.45, 7) is 6.58. The lowest BCUT2D eigenvalue weighted by molar-refractivity contribution is -0.167. The number of unbranched alkanes of at least 4 members (excludes halogenated alkanes) is 29. The van der Waals surface area contributed by atoms with Gasteiger partial charge in [-0.3, -0.25) is 14.4 Å². The Morgan fingerprint density at radius 1 is 0.320 bits per heavy atom. The largest absolute Gasteiger partial charge is 0.462 e. The highest BCUT2D eigenvalue weighted by Crippen LogP contribution is 2.15. The van der Waals surface area contributed by atoms with Gasteiger partial charge in [-0.2, -0.15) is 0 Å². The van der Waals surface area contributed by atoms with Gasteiger partial charge in [-0.25, -0.2) is 0 Å². The Hall–Kier alpha value is -1.59. The number of ether oxygens (including phenoxy) is 3. The number of esters is 3. The molecule has 0 aromatic heterocycles. The van der Waals surface area contributed by atoms with E-state index < -0.39 is 6.10 Å². The normalized spacial score (nSPS) is 11.8. The standard InChI is InChI=1S/C44H84O6/c1-4-7-10-13-16-18-20-21-22-23-25-26-28-31-34-37-43(46)49-40-41(39-48-42(45)36-33-30-15-12-9-6-3)50-44(47)38-35-32-29-27-24-19-17-14-11-8-5-2/h41H,4-40H2,1-3H3. The van der Waals surface area contributed by atoms with Gasteiger partial charge in [-0.05, 0) is 19.3 Å². The minimum atomic E-state index is -0.756. The first-order valence-electron chi connectivity index (χ1n) is 22.0. The quantitative estimate of drug-likeness (QED) is 0.0358. The van der Waals surface area contributed by atoms with Crippen LogP contribution in [-0.4, -0.2) is 37.2 Å². The molecule has 0 aliphatic rings. The molecular formula is C44H84O6. The van der Waals surface area contributed by atoms with E-state index in [0.29, 0.717) is 19.3 Å². The molecule has 1 unspecified atom stereocenters. The third-order valence-corrected chi connectivity index (χ3v) is 9.86. The summed E-state index contributed by atoms with van der Waals surface area (Å²) in [4.78, 5) is 37.4. The fourth-order valence-electron chi connectivity index (χ4n) is 6.50. The highest BCUT2D eigenvalue weighted by Gasteiger charge is 2.19. The minimum absolute atomic E-state index is 0.0636. The average molecular weight is 709 g/mol. The van der Waals surface area contributed by atoms with Crippen LogP contribution in [0.15, 0.2) is 0 Å². The summed E-state index contributed by atoms with van der Waals surface area (Å²) in [5, 5.41) is 0. The Kier molecular flexibility index (Phi) is 38.9. The highest BCUT2D eigenvalue weighted by molar-refractivity contribution is 5.71. The van der Waals surface area contributed by atoms with Gasteiger partial charge in [0.15, 0.2) is 6.10 Å². The smallest absolute Gasteiger partial charge is 0.306 e. The fourth-order valence-corrected chi connectivity index (χ4v) is 6.50. The summed E-state index contributed by atoms with van der Waals surface area (Å²) in [5.74, 6) is -0.864. The van der Waals surface area contributed by atoms with E-state index in [1.54, 1.807) is 0 Å². The third-order valence-electron chi connectivity index (χ3n) is 9.86. The van der Waals surface area contributed by atoms with E-state index in [9.17, 15) is 14.4 Å². The van der Waals surface area contributed by atoms with Gasteiger partial charge < -0.3 is 14.2 Å². The number of carbonyl (C=O) groups excluding carboxylic acids is 3. The third kappa shape index (κ3) is 37.7. The summed E-state index contributed by atoms with van der Waals surface area (Å²) >= 11 is 0. The molecule has 0 aliphatic heterocycles. The number of hydrogen-bond donors (Lipinski definition) is 0. The van der Waals surface area contributed by atoms with Crippen LogP contribution in [0.3, 0.4) is 0 Å². The van der Waals surface area contributed by atoms with E-state index in [1.165, 1.54) is 148 Å². The molecule has 0 N–H and O–H groups in total. The van der Waals surface area contributed by atoms with Crippen molar-refractivity contribution in [3.8, 4) is 0 Å². The zero-order valence-corrected chi connectivity index (χ0v) is 33.7.